The summed E-state index contributed by atoms with van der Waals surface area (Å²) in [6.45, 7) is 7.89. The number of anilines is 2. The molecule has 0 bridgehead atoms. The van der Waals surface area contributed by atoms with Gasteiger partial charge in [-0.25, -0.2) is 0 Å². The lowest BCUT2D eigenvalue weighted by molar-refractivity contribution is 0.100. The van der Waals surface area contributed by atoms with E-state index in [0.29, 0.717) is 16.9 Å². The number of carbonyl (C=O) groups excluding carboxylic acids is 1. The Morgan fingerprint density at radius 2 is 2.00 bits per heavy atom. The van der Waals surface area contributed by atoms with Crippen LogP contribution in [0.4, 0.5) is 11.4 Å². The molecule has 5 nitrogen and oxygen atoms in total. The number of nitrogens with one attached hydrogen (secondary N) is 1. The maximum atomic E-state index is 11.3. The Bertz CT molecular complexity index is 402. The molecule has 0 aromatic heterocycles. The van der Waals surface area contributed by atoms with Gasteiger partial charge in [0.2, 0.25) is 0 Å². The highest BCUT2D eigenvalue weighted by Crippen LogP contribution is 2.22. The van der Waals surface area contributed by atoms with E-state index < -0.39 is 5.91 Å². The van der Waals surface area contributed by atoms with E-state index in [2.05, 4.69) is 24.1 Å². The Labute approximate surface area is 108 Å². The van der Waals surface area contributed by atoms with E-state index in [0.717, 1.165) is 26.2 Å². The van der Waals surface area contributed by atoms with Crippen LogP contribution in [0.2, 0.25) is 0 Å². The number of hydrogen-bond acceptors (Lipinski definition) is 4. The quantitative estimate of drug-likeness (QED) is 0.633. The first kappa shape index (κ1) is 14.3. The minimum absolute atomic E-state index is 0.439. The molecule has 1 rings (SSSR count). The predicted molar refractivity (Wildman–Crippen MR) is 75.7 cm³/mol. The van der Waals surface area contributed by atoms with Gasteiger partial charge < -0.3 is 21.7 Å². The van der Waals surface area contributed by atoms with Crippen LogP contribution in [-0.2, 0) is 0 Å². The van der Waals surface area contributed by atoms with Crippen LogP contribution >= 0.6 is 0 Å². The average molecular weight is 250 g/mol. The summed E-state index contributed by atoms with van der Waals surface area (Å²) in [4.78, 5) is 13.6. The molecule has 0 unspecified atom stereocenters. The third-order valence-corrected chi connectivity index (χ3v) is 2.99. The van der Waals surface area contributed by atoms with Crippen LogP contribution in [0.1, 0.15) is 24.2 Å². The minimum Gasteiger partial charge on any atom is -0.397 e. The molecule has 18 heavy (non-hydrogen) atoms. The molecule has 5 heteroatoms. The van der Waals surface area contributed by atoms with Gasteiger partial charge in [-0.3, -0.25) is 4.79 Å². The summed E-state index contributed by atoms with van der Waals surface area (Å²) < 4.78 is 0. The molecule has 1 aromatic rings. The van der Waals surface area contributed by atoms with Gasteiger partial charge in [-0.05, 0) is 25.2 Å². The fourth-order valence-corrected chi connectivity index (χ4v) is 1.85. The number of likely N-dealkylation sites (N-methyl/N-ethyl adjacent to an activating group) is 1. The van der Waals surface area contributed by atoms with E-state index in [1.165, 1.54) is 0 Å². The standard InChI is InChI=1S/C13H22N4O/c1-3-17(4-2)9-8-16-12-10(13(15)18)6-5-7-11(12)14/h5-7,16H,3-4,8-9,14H2,1-2H3,(H2,15,18). The van der Waals surface area contributed by atoms with Crippen LogP contribution in [0.15, 0.2) is 18.2 Å². The zero-order chi connectivity index (χ0) is 13.5. The molecule has 1 aromatic carbocycles. The molecule has 0 spiro atoms. The van der Waals surface area contributed by atoms with Crippen molar-refractivity contribution in [2.24, 2.45) is 5.73 Å². The molecule has 0 saturated heterocycles. The Kier molecular flexibility index (Phi) is 5.45. The van der Waals surface area contributed by atoms with Gasteiger partial charge in [0, 0.05) is 13.1 Å². The molecule has 0 aliphatic carbocycles. The van der Waals surface area contributed by atoms with E-state index in [1.54, 1.807) is 18.2 Å². The number of primary amides is 1. The van der Waals surface area contributed by atoms with Crippen molar-refractivity contribution >= 4 is 17.3 Å². The number of para-hydroxylation sites is 1. The van der Waals surface area contributed by atoms with Gasteiger partial charge in [0.15, 0.2) is 0 Å². The summed E-state index contributed by atoms with van der Waals surface area (Å²) in [5.41, 5.74) is 12.8. The van der Waals surface area contributed by atoms with Crippen molar-refractivity contribution in [3.8, 4) is 0 Å². The number of nitrogens with zero attached hydrogens (tertiary/aromatic N) is 1. The highest BCUT2D eigenvalue weighted by molar-refractivity contribution is 6.01. The summed E-state index contributed by atoms with van der Waals surface area (Å²) in [5.74, 6) is -0.465. The van der Waals surface area contributed by atoms with E-state index in [-0.39, 0.29) is 0 Å². The van der Waals surface area contributed by atoms with Gasteiger partial charge in [-0.1, -0.05) is 19.9 Å². The zero-order valence-electron chi connectivity index (χ0n) is 11.1. The predicted octanol–water partition coefficient (Wildman–Crippen LogP) is 1.12. The largest absolute Gasteiger partial charge is 0.397 e. The molecular formula is C13H22N4O. The lowest BCUT2D eigenvalue weighted by Gasteiger charge is -2.19. The molecule has 0 heterocycles. The van der Waals surface area contributed by atoms with Crippen LogP contribution in [-0.4, -0.2) is 37.0 Å². The smallest absolute Gasteiger partial charge is 0.250 e. The number of carbonyl (C=O) groups is 1. The number of nitrogen functional groups attached to an aromatic ring is 1. The van der Waals surface area contributed by atoms with E-state index >= 15 is 0 Å². The molecule has 5 N–H and O–H groups in total. The number of hydrogen-bond donors (Lipinski definition) is 3. The summed E-state index contributed by atoms with van der Waals surface area (Å²) in [6.07, 6.45) is 0. The molecule has 0 atom stereocenters. The van der Waals surface area contributed by atoms with Crippen molar-refractivity contribution in [1.29, 1.82) is 0 Å². The lowest BCUT2D eigenvalue weighted by Crippen LogP contribution is -2.29. The third kappa shape index (κ3) is 3.63. The molecule has 0 radical (unpaired) electrons. The SMILES string of the molecule is CCN(CC)CCNc1c(N)cccc1C(N)=O. The van der Waals surface area contributed by atoms with Gasteiger partial charge >= 0.3 is 0 Å². The van der Waals surface area contributed by atoms with Crippen molar-refractivity contribution in [3.05, 3.63) is 23.8 Å². The second kappa shape index (κ2) is 6.86. The third-order valence-electron chi connectivity index (χ3n) is 2.99. The maximum absolute atomic E-state index is 11.3. The van der Waals surface area contributed by atoms with Gasteiger partial charge in [0.25, 0.3) is 5.91 Å². The lowest BCUT2D eigenvalue weighted by atomic mass is 10.1. The number of nitrogens with two attached hydrogens (primary N) is 2. The van der Waals surface area contributed by atoms with Gasteiger partial charge in [-0.2, -0.15) is 0 Å². The number of rotatable bonds is 7. The zero-order valence-corrected chi connectivity index (χ0v) is 11.1. The van der Waals surface area contributed by atoms with Crippen molar-refractivity contribution < 1.29 is 4.79 Å². The molecule has 1 amide bonds. The topological polar surface area (TPSA) is 84.4 Å². The highest BCUT2D eigenvalue weighted by atomic mass is 16.1. The van der Waals surface area contributed by atoms with Gasteiger partial charge in [0.1, 0.15) is 0 Å². The van der Waals surface area contributed by atoms with E-state index in [4.69, 9.17) is 11.5 Å². The summed E-state index contributed by atoms with van der Waals surface area (Å²) in [7, 11) is 0. The molecule has 100 valence electrons. The second-order valence-electron chi connectivity index (χ2n) is 4.09. The Morgan fingerprint density at radius 1 is 1.33 bits per heavy atom. The fraction of sp³-hybridized carbons (Fsp3) is 0.462. The van der Waals surface area contributed by atoms with Crippen molar-refractivity contribution in [2.75, 3.05) is 37.2 Å². The number of amides is 1. The monoisotopic (exact) mass is 250 g/mol. The summed E-state index contributed by atoms with van der Waals surface area (Å²) in [5, 5.41) is 3.19. The number of benzene rings is 1. The van der Waals surface area contributed by atoms with Crippen LogP contribution in [0.5, 0.6) is 0 Å². The average Bonchev–Trinajstić information content (AvgIpc) is 2.36. The van der Waals surface area contributed by atoms with Crippen molar-refractivity contribution in [2.45, 2.75) is 13.8 Å². The second-order valence-corrected chi connectivity index (χ2v) is 4.09. The molecular weight excluding hydrogens is 228 g/mol. The molecule has 0 aliphatic rings. The first-order chi connectivity index (χ1) is 8.60. The normalized spacial score (nSPS) is 10.6. The summed E-state index contributed by atoms with van der Waals surface area (Å²) in [6, 6.07) is 5.16. The minimum atomic E-state index is -0.465. The highest BCUT2D eigenvalue weighted by Gasteiger charge is 2.10. The van der Waals surface area contributed by atoms with Crippen molar-refractivity contribution in [3.63, 3.8) is 0 Å². The first-order valence-corrected chi connectivity index (χ1v) is 6.24. The molecule has 0 saturated carbocycles. The molecule has 0 fully saturated rings. The van der Waals surface area contributed by atoms with Crippen LogP contribution in [0.3, 0.4) is 0 Å². The van der Waals surface area contributed by atoms with Crippen molar-refractivity contribution in [1.82, 2.24) is 4.90 Å². The van der Waals surface area contributed by atoms with E-state index in [1.807, 2.05) is 0 Å². The molecule has 0 aliphatic heterocycles. The van der Waals surface area contributed by atoms with Gasteiger partial charge in [0.05, 0.1) is 16.9 Å². The van der Waals surface area contributed by atoms with Crippen LogP contribution < -0.4 is 16.8 Å². The first-order valence-electron chi connectivity index (χ1n) is 6.24. The maximum Gasteiger partial charge on any atom is 0.250 e. The van der Waals surface area contributed by atoms with Crippen LogP contribution in [0, 0.1) is 0 Å². The van der Waals surface area contributed by atoms with Gasteiger partial charge in [-0.15, -0.1) is 0 Å². The Hall–Kier alpha value is -1.75. The summed E-state index contributed by atoms with van der Waals surface area (Å²) >= 11 is 0. The van der Waals surface area contributed by atoms with Crippen LogP contribution in [0.25, 0.3) is 0 Å². The van der Waals surface area contributed by atoms with E-state index in [9.17, 15) is 4.79 Å². The fourth-order valence-electron chi connectivity index (χ4n) is 1.85. The Morgan fingerprint density at radius 3 is 2.56 bits per heavy atom. The Balaban J connectivity index is 2.69.